The Balaban J connectivity index is 2.03. The summed E-state index contributed by atoms with van der Waals surface area (Å²) in [6.07, 6.45) is 0. The second-order valence-electron chi connectivity index (χ2n) is 5.01. The molecule has 7 nitrogen and oxygen atoms in total. The number of nitrogens with zero attached hydrogens (tertiary/aromatic N) is 1. The maximum atomic E-state index is 13.7. The molecule has 124 valence electrons. The Morgan fingerprint density at radius 2 is 1.96 bits per heavy atom. The molecule has 0 saturated carbocycles. The van der Waals surface area contributed by atoms with Gasteiger partial charge in [-0.25, -0.2) is 8.78 Å². The van der Waals surface area contributed by atoms with E-state index in [4.69, 9.17) is 0 Å². The third-order valence-corrected chi connectivity index (χ3v) is 3.19. The standard InChI is InChI=1S/C14H16F2N4O3/c1-8(21)19-12-5-11(9(15)4-10(12)16)18-6-14(23)20-3-2-17-13(22)7-20/h4-5,18H,2-3,6-7H2,1H3,(H,17,22)(H,19,21). The van der Waals surface area contributed by atoms with E-state index < -0.39 is 17.5 Å². The Hall–Kier alpha value is -2.71. The van der Waals surface area contributed by atoms with Gasteiger partial charge in [-0.3, -0.25) is 14.4 Å². The van der Waals surface area contributed by atoms with Crippen LogP contribution in [0.5, 0.6) is 0 Å². The summed E-state index contributed by atoms with van der Waals surface area (Å²) in [5, 5.41) is 7.36. The van der Waals surface area contributed by atoms with Crippen LogP contribution in [0.2, 0.25) is 0 Å². The van der Waals surface area contributed by atoms with Crippen molar-refractivity contribution < 1.29 is 23.2 Å². The van der Waals surface area contributed by atoms with Gasteiger partial charge in [0.2, 0.25) is 17.7 Å². The highest BCUT2D eigenvalue weighted by Crippen LogP contribution is 2.23. The highest BCUT2D eigenvalue weighted by molar-refractivity contribution is 5.90. The molecule has 9 heteroatoms. The summed E-state index contributed by atoms with van der Waals surface area (Å²) < 4.78 is 27.2. The predicted molar refractivity (Wildman–Crippen MR) is 78.7 cm³/mol. The molecule has 1 aliphatic rings. The van der Waals surface area contributed by atoms with Gasteiger partial charge in [-0.1, -0.05) is 0 Å². The smallest absolute Gasteiger partial charge is 0.242 e. The van der Waals surface area contributed by atoms with Crippen molar-refractivity contribution in [2.75, 3.05) is 36.8 Å². The molecular formula is C14H16F2N4O3. The molecular weight excluding hydrogens is 310 g/mol. The van der Waals surface area contributed by atoms with E-state index in [0.717, 1.165) is 6.07 Å². The lowest BCUT2D eigenvalue weighted by Gasteiger charge is -2.26. The van der Waals surface area contributed by atoms with Gasteiger partial charge in [0.25, 0.3) is 0 Å². The van der Waals surface area contributed by atoms with E-state index in [-0.39, 0.29) is 36.3 Å². The molecule has 0 radical (unpaired) electrons. The van der Waals surface area contributed by atoms with Crippen molar-refractivity contribution in [3.63, 3.8) is 0 Å². The Morgan fingerprint density at radius 1 is 1.26 bits per heavy atom. The fraction of sp³-hybridized carbons (Fsp3) is 0.357. The molecule has 0 aliphatic carbocycles. The number of piperazine rings is 1. The van der Waals surface area contributed by atoms with Crippen LogP contribution in [0.3, 0.4) is 0 Å². The first-order valence-corrected chi connectivity index (χ1v) is 6.92. The Morgan fingerprint density at radius 3 is 2.61 bits per heavy atom. The van der Waals surface area contributed by atoms with Gasteiger partial charge in [0, 0.05) is 26.1 Å². The number of halogens is 2. The van der Waals surface area contributed by atoms with Gasteiger partial charge >= 0.3 is 0 Å². The zero-order valence-electron chi connectivity index (χ0n) is 12.4. The fourth-order valence-electron chi connectivity index (χ4n) is 2.10. The summed E-state index contributed by atoms with van der Waals surface area (Å²) in [6, 6.07) is 1.69. The number of amides is 3. The quantitative estimate of drug-likeness (QED) is 0.742. The van der Waals surface area contributed by atoms with Crippen molar-refractivity contribution in [2.45, 2.75) is 6.92 Å². The van der Waals surface area contributed by atoms with E-state index in [0.29, 0.717) is 19.2 Å². The average molecular weight is 326 g/mol. The Labute approximate surface area is 131 Å². The number of carbonyl (C=O) groups is 3. The zero-order valence-corrected chi connectivity index (χ0v) is 12.4. The van der Waals surface area contributed by atoms with Crippen LogP contribution in [0, 0.1) is 11.6 Å². The number of hydrogen-bond acceptors (Lipinski definition) is 4. The molecule has 0 unspecified atom stereocenters. The van der Waals surface area contributed by atoms with Crippen LogP contribution in [0.4, 0.5) is 20.2 Å². The molecule has 1 aliphatic heterocycles. The lowest BCUT2D eigenvalue weighted by Crippen LogP contribution is -2.51. The van der Waals surface area contributed by atoms with E-state index in [1.165, 1.54) is 11.8 Å². The molecule has 0 bridgehead atoms. The minimum absolute atomic E-state index is 0.0520. The Kier molecular flexibility index (Phi) is 5.09. The van der Waals surface area contributed by atoms with Crippen molar-refractivity contribution in [1.82, 2.24) is 10.2 Å². The predicted octanol–water partition coefficient (Wildman–Crippen LogP) is 0.293. The highest BCUT2D eigenvalue weighted by Gasteiger charge is 2.21. The highest BCUT2D eigenvalue weighted by atomic mass is 19.1. The Bertz CT molecular complexity index is 651. The molecule has 23 heavy (non-hydrogen) atoms. The molecule has 3 amide bonds. The van der Waals surface area contributed by atoms with E-state index in [2.05, 4.69) is 16.0 Å². The van der Waals surface area contributed by atoms with Gasteiger partial charge < -0.3 is 20.9 Å². The van der Waals surface area contributed by atoms with Crippen molar-refractivity contribution in [3.8, 4) is 0 Å². The summed E-state index contributed by atoms with van der Waals surface area (Å²) >= 11 is 0. The third-order valence-electron chi connectivity index (χ3n) is 3.19. The molecule has 0 atom stereocenters. The molecule has 1 heterocycles. The maximum Gasteiger partial charge on any atom is 0.242 e. The van der Waals surface area contributed by atoms with E-state index in [1.54, 1.807) is 0 Å². The first-order valence-electron chi connectivity index (χ1n) is 6.92. The summed E-state index contributed by atoms with van der Waals surface area (Å²) in [5.74, 6) is -2.95. The second-order valence-corrected chi connectivity index (χ2v) is 5.01. The largest absolute Gasteiger partial charge is 0.374 e. The first-order chi connectivity index (χ1) is 10.9. The summed E-state index contributed by atoms with van der Waals surface area (Å²) in [5.41, 5.74) is -0.309. The maximum absolute atomic E-state index is 13.7. The van der Waals surface area contributed by atoms with Crippen LogP contribution < -0.4 is 16.0 Å². The van der Waals surface area contributed by atoms with Gasteiger partial charge in [0.15, 0.2) is 0 Å². The van der Waals surface area contributed by atoms with Crippen LogP contribution in [0.25, 0.3) is 0 Å². The molecule has 0 spiro atoms. The number of anilines is 2. The topological polar surface area (TPSA) is 90.5 Å². The fourth-order valence-corrected chi connectivity index (χ4v) is 2.10. The van der Waals surface area contributed by atoms with Crippen LogP contribution in [-0.2, 0) is 14.4 Å². The summed E-state index contributed by atoms with van der Waals surface area (Å²) in [7, 11) is 0. The number of hydrogen-bond donors (Lipinski definition) is 3. The summed E-state index contributed by atoms with van der Waals surface area (Å²) in [6.45, 7) is 1.62. The van der Waals surface area contributed by atoms with E-state index in [1.807, 2.05) is 0 Å². The van der Waals surface area contributed by atoms with Crippen molar-refractivity contribution >= 4 is 29.1 Å². The van der Waals surface area contributed by atoms with Crippen molar-refractivity contribution in [2.24, 2.45) is 0 Å². The average Bonchev–Trinajstić information content (AvgIpc) is 2.48. The van der Waals surface area contributed by atoms with Gasteiger partial charge in [-0.2, -0.15) is 0 Å². The SMILES string of the molecule is CC(=O)Nc1cc(NCC(=O)N2CCNC(=O)C2)c(F)cc1F. The zero-order chi connectivity index (χ0) is 17.0. The van der Waals surface area contributed by atoms with Crippen LogP contribution in [-0.4, -0.2) is 48.8 Å². The van der Waals surface area contributed by atoms with Crippen molar-refractivity contribution in [3.05, 3.63) is 23.8 Å². The molecule has 3 N–H and O–H groups in total. The van der Waals surface area contributed by atoms with Crippen LogP contribution >= 0.6 is 0 Å². The molecule has 0 aromatic heterocycles. The van der Waals surface area contributed by atoms with E-state index >= 15 is 0 Å². The van der Waals surface area contributed by atoms with Crippen LogP contribution in [0.1, 0.15) is 6.92 Å². The molecule has 1 saturated heterocycles. The molecule has 1 aromatic rings. The monoisotopic (exact) mass is 326 g/mol. The lowest BCUT2D eigenvalue weighted by molar-refractivity contribution is -0.136. The minimum Gasteiger partial charge on any atom is -0.374 e. The number of benzene rings is 1. The van der Waals surface area contributed by atoms with Gasteiger partial charge in [-0.05, 0) is 6.07 Å². The van der Waals surface area contributed by atoms with Crippen molar-refractivity contribution in [1.29, 1.82) is 0 Å². The summed E-state index contributed by atoms with van der Waals surface area (Å²) in [4.78, 5) is 35.5. The molecule has 1 aromatic carbocycles. The van der Waals surface area contributed by atoms with Gasteiger partial charge in [0.05, 0.1) is 24.5 Å². The van der Waals surface area contributed by atoms with Gasteiger partial charge in [0.1, 0.15) is 11.6 Å². The molecule has 1 fully saturated rings. The van der Waals surface area contributed by atoms with Gasteiger partial charge in [-0.15, -0.1) is 0 Å². The second kappa shape index (κ2) is 7.03. The first kappa shape index (κ1) is 16.7. The number of nitrogens with one attached hydrogen (secondary N) is 3. The normalized spacial score (nSPS) is 14.2. The lowest BCUT2D eigenvalue weighted by atomic mass is 10.2. The molecule has 2 rings (SSSR count). The van der Waals surface area contributed by atoms with E-state index in [9.17, 15) is 23.2 Å². The number of carbonyl (C=O) groups excluding carboxylic acids is 3. The van der Waals surface area contributed by atoms with Crippen LogP contribution in [0.15, 0.2) is 12.1 Å². The number of rotatable bonds is 4. The minimum atomic E-state index is -0.915. The third kappa shape index (κ3) is 4.38.